The first kappa shape index (κ1) is 48.6. The second kappa shape index (κ2) is 25.2. The van der Waals surface area contributed by atoms with Gasteiger partial charge in [-0.05, 0) is 13.8 Å². The summed E-state index contributed by atoms with van der Waals surface area (Å²) in [4.78, 5) is 46.4. The fourth-order valence-electron chi connectivity index (χ4n) is 3.12. The van der Waals surface area contributed by atoms with Crippen LogP contribution in [-0.4, -0.2) is 121 Å². The Bertz CT molecular complexity index is 859. The topological polar surface area (TPSA) is 175 Å². The molecule has 0 radical (unpaired) electrons. The van der Waals surface area contributed by atoms with Gasteiger partial charge in [-0.15, -0.1) is 0 Å². The van der Waals surface area contributed by atoms with Crippen molar-refractivity contribution in [3.8, 4) is 0 Å². The molecule has 1 fully saturated rings. The van der Waals surface area contributed by atoms with Gasteiger partial charge in [0, 0.05) is 61.4 Å². The van der Waals surface area contributed by atoms with Crippen molar-refractivity contribution in [1.82, 2.24) is 21.3 Å². The summed E-state index contributed by atoms with van der Waals surface area (Å²) in [7, 11) is 15.0. The third kappa shape index (κ3) is 23.5. The van der Waals surface area contributed by atoms with Gasteiger partial charge in [-0.2, -0.15) is 25.3 Å². The summed E-state index contributed by atoms with van der Waals surface area (Å²) in [5, 5.41) is 29.2. The molecule has 0 saturated carbocycles. The Morgan fingerprint density at radius 1 is 0.909 bits per heavy atom. The van der Waals surface area contributed by atoms with Crippen molar-refractivity contribution >= 4 is 92.6 Å². The molecule has 1 heterocycles. The fraction of sp³-hybridized carbons (Fsp3) is 0.846. The number of ether oxygens (including phenoxy) is 2. The number of nitrogens with one attached hydrogen (secondary N) is 4. The van der Waals surface area contributed by atoms with E-state index in [1.165, 1.54) is 0 Å². The van der Waals surface area contributed by atoms with Gasteiger partial charge in [0.15, 0.2) is 5.79 Å². The average Bonchev–Trinajstić information content (AvgIpc) is 2.91. The van der Waals surface area contributed by atoms with Crippen LogP contribution >= 0.6 is 50.8 Å². The molecule has 12 nitrogen and oxygen atoms in total. The van der Waals surface area contributed by atoms with E-state index in [9.17, 15) is 24.3 Å². The minimum atomic E-state index is -2.18. The number of aliphatic hydroxyl groups is 2. The Hall–Kier alpha value is 0.173. The van der Waals surface area contributed by atoms with Crippen molar-refractivity contribution in [2.75, 3.05) is 50.9 Å². The second-order valence-corrected chi connectivity index (χ2v) is 27.0. The van der Waals surface area contributed by atoms with Crippen molar-refractivity contribution in [3.63, 3.8) is 0 Å². The van der Waals surface area contributed by atoms with E-state index in [0.29, 0.717) is 31.2 Å². The predicted octanol–water partition coefficient (Wildman–Crippen LogP) is 1.96. The van der Waals surface area contributed by atoms with E-state index in [1.807, 2.05) is 13.8 Å². The van der Waals surface area contributed by atoms with Gasteiger partial charge < -0.3 is 41.0 Å². The molecule has 0 unspecified atom stereocenters. The first-order valence-corrected chi connectivity index (χ1v) is 27.6. The van der Waals surface area contributed by atoms with Crippen molar-refractivity contribution in [2.45, 2.75) is 79.8 Å². The minimum absolute atomic E-state index is 0. The van der Waals surface area contributed by atoms with Crippen LogP contribution in [0.4, 0.5) is 0 Å². The maximum atomic E-state index is 12.3. The van der Waals surface area contributed by atoms with Crippen LogP contribution in [0.1, 0.15) is 61.8 Å². The van der Waals surface area contributed by atoms with Crippen molar-refractivity contribution < 1.29 is 38.9 Å². The quantitative estimate of drug-likeness (QED) is 0.0965. The van der Waals surface area contributed by atoms with Gasteiger partial charge in [0.1, 0.15) is 12.2 Å². The SMILES string of the molecule is C.CC(C)(CO)[C@@H](O)C(=O)NCCC(=O)NCCS.CC1(C)OCC(C)(C)[C@H](C(=O)NCCC(=O)NCCS)O1.[Cl][Bi]([Cl])[Cl]. The first-order chi connectivity index (χ1) is 19.8. The summed E-state index contributed by atoms with van der Waals surface area (Å²) < 4.78 is 11.3. The first-order valence-electron chi connectivity index (χ1n) is 13.4. The van der Waals surface area contributed by atoms with Gasteiger partial charge in [-0.3, -0.25) is 19.2 Å². The van der Waals surface area contributed by atoms with Crippen molar-refractivity contribution in [2.24, 2.45) is 10.8 Å². The van der Waals surface area contributed by atoms with E-state index in [0.717, 1.165) is 0 Å². The third-order valence-electron chi connectivity index (χ3n) is 5.71. The maximum absolute atomic E-state index is 12.3. The molecule has 44 heavy (non-hydrogen) atoms. The molecule has 1 rings (SSSR count). The number of carbonyl (C=O) groups is 4. The van der Waals surface area contributed by atoms with E-state index in [4.69, 9.17) is 40.1 Å². The second-order valence-electron chi connectivity index (χ2n) is 11.1. The summed E-state index contributed by atoms with van der Waals surface area (Å²) in [6, 6.07) is 0. The Labute approximate surface area is 292 Å². The zero-order valence-electron chi connectivity index (χ0n) is 25.5. The number of aliphatic hydroxyl groups excluding tert-OH is 2. The molecule has 2 atom stereocenters. The number of amides is 4. The molecule has 4 amide bonds. The molecule has 0 aromatic carbocycles. The zero-order chi connectivity index (χ0) is 33.9. The molecular weight excluding hydrogens is 876 g/mol. The predicted molar refractivity (Wildman–Crippen MR) is 185 cm³/mol. The van der Waals surface area contributed by atoms with Gasteiger partial charge >= 0.3 is 43.7 Å². The fourth-order valence-corrected chi connectivity index (χ4v) is 3.34. The molecule has 1 aliphatic rings. The van der Waals surface area contributed by atoms with Gasteiger partial charge in [0.05, 0.1) is 13.2 Å². The number of hydrogen-bond acceptors (Lipinski definition) is 10. The van der Waals surface area contributed by atoms with Gasteiger partial charge in [0.2, 0.25) is 23.6 Å². The van der Waals surface area contributed by atoms with Crippen LogP contribution in [0.25, 0.3) is 0 Å². The molecule has 1 saturated heterocycles. The molecule has 0 aromatic rings. The molecule has 18 heteroatoms. The Morgan fingerprint density at radius 3 is 1.75 bits per heavy atom. The number of halogens is 3. The molecule has 1 aliphatic heterocycles. The molecule has 0 aliphatic carbocycles. The number of hydrogen-bond donors (Lipinski definition) is 8. The summed E-state index contributed by atoms with van der Waals surface area (Å²) >= 11 is 5.78. The Morgan fingerprint density at radius 2 is 1.34 bits per heavy atom. The van der Waals surface area contributed by atoms with Crippen molar-refractivity contribution in [3.05, 3.63) is 0 Å². The van der Waals surface area contributed by atoms with Crippen LogP contribution in [-0.2, 0) is 28.7 Å². The average molecular weight is 928 g/mol. The molecule has 0 aromatic heterocycles. The summed E-state index contributed by atoms with van der Waals surface area (Å²) in [5.74, 6) is -0.702. The van der Waals surface area contributed by atoms with Crippen LogP contribution in [0.3, 0.4) is 0 Å². The summed E-state index contributed by atoms with van der Waals surface area (Å²) in [5.41, 5.74) is -1.31. The molecule has 262 valence electrons. The van der Waals surface area contributed by atoms with Crippen LogP contribution in [0.5, 0.6) is 0 Å². The van der Waals surface area contributed by atoms with Gasteiger partial charge in [0.25, 0.3) is 0 Å². The molecule has 6 N–H and O–H groups in total. The van der Waals surface area contributed by atoms with E-state index < -0.39 is 52.9 Å². The van der Waals surface area contributed by atoms with Crippen LogP contribution in [0.15, 0.2) is 0 Å². The molecule has 0 bridgehead atoms. The molecular formula is C26H52BiCl3N4O8S2. The Balaban J connectivity index is -0.000000673. The van der Waals surface area contributed by atoms with E-state index in [1.54, 1.807) is 27.7 Å². The van der Waals surface area contributed by atoms with Crippen LogP contribution < -0.4 is 21.3 Å². The zero-order valence-corrected chi connectivity index (χ0v) is 33.1. The van der Waals surface area contributed by atoms with Gasteiger partial charge in [-0.25, -0.2) is 0 Å². The monoisotopic (exact) mass is 926 g/mol. The molecule has 0 spiro atoms. The van der Waals surface area contributed by atoms with Gasteiger partial charge in [-0.1, -0.05) is 35.1 Å². The number of thiol groups is 2. The van der Waals surface area contributed by atoms with E-state index in [-0.39, 0.29) is 57.7 Å². The van der Waals surface area contributed by atoms with Crippen molar-refractivity contribution in [1.29, 1.82) is 0 Å². The standard InChI is InChI=1S/C14H26N2O4S.C11H22N2O4S.CH4.Bi.3ClH/c1-13(2)9-19-14(3,4)20-11(13)12(18)16-6-5-10(17)15-7-8-21;1-11(2,7-14)9(16)10(17)13-4-3-8(15)12-5-6-18;;;;;/h11,21H,5-9H2,1-4H3,(H,15,17)(H,16,18);9,14,16,18H,3-7H2,1-2H3,(H,12,15)(H,13,17);1H4;;3*1H/q;;;+3;;;/p-3/t11-;9-;;;;;/m00...../s1. The summed E-state index contributed by atoms with van der Waals surface area (Å²) in [6.07, 6.45) is -1.51. The van der Waals surface area contributed by atoms with Crippen LogP contribution in [0.2, 0.25) is 0 Å². The van der Waals surface area contributed by atoms with Crippen LogP contribution in [0, 0.1) is 10.8 Å². The Kier molecular flexibility index (Phi) is 27.8. The van der Waals surface area contributed by atoms with E-state index >= 15 is 0 Å². The normalized spacial score (nSPS) is 17.3. The number of carbonyl (C=O) groups excluding carboxylic acids is 4. The third-order valence-corrected chi connectivity index (χ3v) is 6.16. The number of rotatable bonds is 14. The summed E-state index contributed by atoms with van der Waals surface area (Å²) in [6.45, 7) is 12.2. The van der Waals surface area contributed by atoms with E-state index in [2.05, 4.69) is 46.5 Å².